The predicted octanol–water partition coefficient (Wildman–Crippen LogP) is 3.11. The molecule has 0 heterocycles. The van der Waals surface area contributed by atoms with Crippen LogP contribution >= 0.6 is 11.8 Å². The molecule has 1 unspecified atom stereocenters. The van der Waals surface area contributed by atoms with E-state index in [1.165, 1.54) is 11.1 Å². The van der Waals surface area contributed by atoms with Gasteiger partial charge in [0.1, 0.15) is 0 Å². The molecule has 102 valence electrons. The van der Waals surface area contributed by atoms with Crippen LogP contribution in [0, 0.1) is 6.92 Å². The highest BCUT2D eigenvalue weighted by atomic mass is 32.2. The minimum Gasteiger partial charge on any atom is -0.389 e. The highest BCUT2D eigenvalue weighted by Crippen LogP contribution is 2.18. The zero-order chi connectivity index (χ0) is 13.4. The Morgan fingerprint density at radius 3 is 2.67 bits per heavy atom. The maximum Gasteiger partial charge on any atom is 0.0741 e. The van der Waals surface area contributed by atoms with Crippen molar-refractivity contribution in [2.45, 2.75) is 44.5 Å². The van der Waals surface area contributed by atoms with Crippen molar-refractivity contribution in [3.05, 3.63) is 35.4 Å². The van der Waals surface area contributed by atoms with Crippen molar-refractivity contribution in [1.82, 2.24) is 0 Å². The lowest BCUT2D eigenvalue weighted by atomic mass is 10.00. The van der Waals surface area contributed by atoms with Crippen LogP contribution in [0.2, 0.25) is 0 Å². The lowest BCUT2D eigenvalue weighted by molar-refractivity contribution is 0.0577. The summed E-state index contributed by atoms with van der Waals surface area (Å²) in [5.74, 6) is 2.23. The molecular weight excluding hydrogens is 242 g/mol. The molecule has 0 fully saturated rings. The molecule has 0 bridgehead atoms. The van der Waals surface area contributed by atoms with Gasteiger partial charge in [-0.05, 0) is 50.0 Å². The molecule has 0 aromatic heterocycles. The average molecular weight is 267 g/mol. The van der Waals surface area contributed by atoms with Crippen LogP contribution in [0.25, 0.3) is 0 Å². The minimum atomic E-state index is -0.680. The number of rotatable bonds is 8. The van der Waals surface area contributed by atoms with Crippen molar-refractivity contribution >= 4 is 11.8 Å². The van der Waals surface area contributed by atoms with Crippen LogP contribution in [0.1, 0.15) is 37.3 Å². The summed E-state index contributed by atoms with van der Waals surface area (Å²) in [6.45, 7) is 4.32. The number of unbranched alkanes of at least 4 members (excludes halogenated alkanes) is 1. The van der Waals surface area contributed by atoms with Crippen molar-refractivity contribution in [2.75, 3.05) is 12.3 Å². The van der Waals surface area contributed by atoms with Crippen LogP contribution in [0.4, 0.5) is 0 Å². The van der Waals surface area contributed by atoms with Crippen LogP contribution in [-0.2, 0) is 5.75 Å². The molecule has 1 atom stereocenters. The monoisotopic (exact) mass is 267 g/mol. The molecule has 0 saturated carbocycles. The summed E-state index contributed by atoms with van der Waals surface area (Å²) >= 11 is 1.97. The van der Waals surface area contributed by atoms with Gasteiger partial charge in [-0.2, -0.15) is 11.8 Å². The Balaban J connectivity index is 2.11. The Morgan fingerprint density at radius 2 is 2.00 bits per heavy atom. The van der Waals surface area contributed by atoms with Gasteiger partial charge in [0.05, 0.1) is 5.60 Å². The molecule has 18 heavy (non-hydrogen) atoms. The Morgan fingerprint density at radius 1 is 1.28 bits per heavy atom. The standard InChI is InChI=1S/C15H25NOS/c1-13-7-3-4-8-14(13)11-18-10-6-5-9-15(2,17)12-16/h3-4,7-8,17H,5-6,9-12,16H2,1-2H3. The normalized spacial score (nSPS) is 14.4. The number of nitrogens with two attached hydrogens (primary N) is 1. The summed E-state index contributed by atoms with van der Waals surface area (Å²) in [6.07, 6.45) is 2.99. The fourth-order valence-electron chi connectivity index (χ4n) is 1.77. The summed E-state index contributed by atoms with van der Waals surface area (Å²) in [5.41, 5.74) is 7.60. The largest absolute Gasteiger partial charge is 0.389 e. The van der Waals surface area contributed by atoms with Crippen molar-refractivity contribution in [3.8, 4) is 0 Å². The van der Waals surface area contributed by atoms with Crippen molar-refractivity contribution in [2.24, 2.45) is 5.73 Å². The van der Waals surface area contributed by atoms with Crippen LogP contribution in [-0.4, -0.2) is 23.0 Å². The second kappa shape index (κ2) is 7.82. The predicted molar refractivity (Wildman–Crippen MR) is 80.9 cm³/mol. The second-order valence-corrected chi connectivity index (χ2v) is 6.24. The van der Waals surface area contributed by atoms with E-state index >= 15 is 0 Å². The third kappa shape index (κ3) is 5.89. The molecule has 1 aromatic rings. The van der Waals surface area contributed by atoms with E-state index in [0.717, 1.165) is 30.8 Å². The summed E-state index contributed by atoms with van der Waals surface area (Å²) in [6, 6.07) is 8.54. The summed E-state index contributed by atoms with van der Waals surface area (Å²) in [7, 11) is 0. The van der Waals surface area contributed by atoms with Gasteiger partial charge < -0.3 is 10.8 Å². The van der Waals surface area contributed by atoms with Crippen LogP contribution in [0.5, 0.6) is 0 Å². The second-order valence-electron chi connectivity index (χ2n) is 5.14. The fourth-order valence-corrected chi connectivity index (χ4v) is 2.86. The van der Waals surface area contributed by atoms with Gasteiger partial charge in [-0.1, -0.05) is 24.3 Å². The van der Waals surface area contributed by atoms with E-state index in [-0.39, 0.29) is 0 Å². The summed E-state index contributed by atoms with van der Waals surface area (Å²) in [5, 5.41) is 9.76. The number of aryl methyl sites for hydroxylation is 1. The molecule has 0 aliphatic carbocycles. The first-order valence-electron chi connectivity index (χ1n) is 6.60. The fraction of sp³-hybridized carbons (Fsp3) is 0.600. The molecule has 3 N–H and O–H groups in total. The Hall–Kier alpha value is -0.510. The molecule has 3 heteroatoms. The highest BCUT2D eigenvalue weighted by Gasteiger charge is 2.16. The van der Waals surface area contributed by atoms with Gasteiger partial charge >= 0.3 is 0 Å². The molecular formula is C15H25NOS. The Kier molecular flexibility index (Phi) is 6.76. The van der Waals surface area contributed by atoms with Crippen molar-refractivity contribution < 1.29 is 5.11 Å². The Labute approximate surface area is 115 Å². The topological polar surface area (TPSA) is 46.2 Å². The van der Waals surface area contributed by atoms with Gasteiger partial charge in [0.25, 0.3) is 0 Å². The molecule has 0 amide bonds. The van der Waals surface area contributed by atoms with Crippen molar-refractivity contribution in [3.63, 3.8) is 0 Å². The molecule has 0 aliphatic heterocycles. The van der Waals surface area contributed by atoms with E-state index in [9.17, 15) is 5.11 Å². The zero-order valence-electron chi connectivity index (χ0n) is 11.5. The van der Waals surface area contributed by atoms with Crippen LogP contribution in [0.15, 0.2) is 24.3 Å². The zero-order valence-corrected chi connectivity index (χ0v) is 12.3. The first-order valence-corrected chi connectivity index (χ1v) is 7.75. The van der Waals surface area contributed by atoms with Gasteiger partial charge in [0, 0.05) is 12.3 Å². The van der Waals surface area contributed by atoms with Crippen LogP contribution < -0.4 is 5.73 Å². The number of benzene rings is 1. The number of hydrogen-bond acceptors (Lipinski definition) is 3. The van der Waals surface area contributed by atoms with E-state index in [0.29, 0.717) is 6.54 Å². The smallest absolute Gasteiger partial charge is 0.0741 e. The lowest BCUT2D eigenvalue weighted by Crippen LogP contribution is -2.33. The maximum atomic E-state index is 9.76. The van der Waals surface area contributed by atoms with E-state index in [1.54, 1.807) is 0 Å². The van der Waals surface area contributed by atoms with Gasteiger partial charge in [0.2, 0.25) is 0 Å². The average Bonchev–Trinajstić information content (AvgIpc) is 2.35. The molecule has 0 spiro atoms. The van der Waals surface area contributed by atoms with Crippen molar-refractivity contribution in [1.29, 1.82) is 0 Å². The number of aliphatic hydroxyl groups is 1. The van der Waals surface area contributed by atoms with E-state index in [2.05, 4.69) is 31.2 Å². The van der Waals surface area contributed by atoms with Gasteiger partial charge in [-0.3, -0.25) is 0 Å². The van der Waals surface area contributed by atoms with E-state index in [1.807, 2.05) is 18.7 Å². The first kappa shape index (κ1) is 15.5. The van der Waals surface area contributed by atoms with Gasteiger partial charge in [0.15, 0.2) is 0 Å². The lowest BCUT2D eigenvalue weighted by Gasteiger charge is -2.20. The number of thioether (sulfide) groups is 1. The molecule has 1 rings (SSSR count). The highest BCUT2D eigenvalue weighted by molar-refractivity contribution is 7.98. The summed E-state index contributed by atoms with van der Waals surface area (Å²) < 4.78 is 0. The Bertz CT molecular complexity index is 352. The quantitative estimate of drug-likeness (QED) is 0.711. The van der Waals surface area contributed by atoms with E-state index < -0.39 is 5.60 Å². The first-order chi connectivity index (χ1) is 8.55. The molecule has 0 saturated heterocycles. The molecule has 0 aliphatic rings. The minimum absolute atomic E-state index is 0.351. The van der Waals surface area contributed by atoms with E-state index in [4.69, 9.17) is 5.73 Å². The van der Waals surface area contributed by atoms with Gasteiger partial charge in [-0.25, -0.2) is 0 Å². The molecule has 2 nitrogen and oxygen atoms in total. The van der Waals surface area contributed by atoms with Gasteiger partial charge in [-0.15, -0.1) is 0 Å². The third-order valence-corrected chi connectivity index (χ3v) is 4.31. The third-order valence-electron chi connectivity index (χ3n) is 3.21. The summed E-state index contributed by atoms with van der Waals surface area (Å²) in [4.78, 5) is 0. The maximum absolute atomic E-state index is 9.76. The molecule has 0 radical (unpaired) electrons. The SMILES string of the molecule is Cc1ccccc1CSCCCCC(C)(O)CN. The molecule has 1 aromatic carbocycles. The van der Waals surface area contributed by atoms with Crippen LogP contribution in [0.3, 0.4) is 0 Å². The number of hydrogen-bond donors (Lipinski definition) is 2.